The standard InChI is InChI=1S/C15H20N2O6/c1-21-14-10-13(17(19)20)12(11-18)9-15(14)23-6-2-3-16-4-7-22-8-5-16/h9-11H,2-8H2,1H3. The molecule has 0 bridgehead atoms. The Bertz CT molecular complexity index is 557. The summed E-state index contributed by atoms with van der Waals surface area (Å²) in [7, 11) is 1.40. The zero-order chi connectivity index (χ0) is 16.7. The van der Waals surface area contributed by atoms with Gasteiger partial charge >= 0.3 is 0 Å². The number of methoxy groups -OCH3 is 1. The van der Waals surface area contributed by atoms with Gasteiger partial charge in [0.15, 0.2) is 17.8 Å². The molecule has 1 saturated heterocycles. The summed E-state index contributed by atoms with van der Waals surface area (Å²) in [5.41, 5.74) is -0.323. The first kappa shape index (κ1) is 17.2. The van der Waals surface area contributed by atoms with Crippen molar-refractivity contribution >= 4 is 12.0 Å². The predicted molar refractivity (Wildman–Crippen MR) is 82.4 cm³/mol. The lowest BCUT2D eigenvalue weighted by molar-refractivity contribution is -0.385. The van der Waals surface area contributed by atoms with Crippen LogP contribution in [-0.4, -0.2) is 62.7 Å². The summed E-state index contributed by atoms with van der Waals surface area (Å²) < 4.78 is 16.0. The second-order valence-electron chi connectivity index (χ2n) is 5.09. The molecule has 23 heavy (non-hydrogen) atoms. The van der Waals surface area contributed by atoms with Gasteiger partial charge in [0, 0.05) is 25.7 Å². The Morgan fingerprint density at radius 2 is 2.09 bits per heavy atom. The molecule has 1 aromatic carbocycles. The van der Waals surface area contributed by atoms with Crippen LogP contribution in [0.3, 0.4) is 0 Å². The Kier molecular flexibility index (Phi) is 6.30. The van der Waals surface area contributed by atoms with Crippen LogP contribution in [0, 0.1) is 10.1 Å². The summed E-state index contributed by atoms with van der Waals surface area (Å²) >= 11 is 0. The molecule has 2 rings (SSSR count). The first-order valence-corrected chi connectivity index (χ1v) is 7.40. The highest BCUT2D eigenvalue weighted by Crippen LogP contribution is 2.34. The van der Waals surface area contributed by atoms with E-state index in [0.717, 1.165) is 39.3 Å². The Balaban J connectivity index is 1.95. The van der Waals surface area contributed by atoms with Crippen LogP contribution in [0.25, 0.3) is 0 Å². The number of nitro groups is 1. The monoisotopic (exact) mass is 324 g/mol. The molecule has 1 fully saturated rings. The van der Waals surface area contributed by atoms with Crippen molar-refractivity contribution in [1.29, 1.82) is 0 Å². The number of nitrogens with zero attached hydrogens (tertiary/aromatic N) is 2. The summed E-state index contributed by atoms with van der Waals surface area (Å²) in [6, 6.07) is 2.56. The lowest BCUT2D eigenvalue weighted by atomic mass is 10.1. The minimum absolute atomic E-state index is 0.0287. The van der Waals surface area contributed by atoms with Crippen LogP contribution in [0.4, 0.5) is 5.69 Å². The van der Waals surface area contributed by atoms with Crippen molar-refractivity contribution in [2.75, 3.05) is 46.6 Å². The molecule has 1 aliphatic heterocycles. The van der Waals surface area contributed by atoms with Crippen LogP contribution < -0.4 is 9.47 Å². The van der Waals surface area contributed by atoms with Crippen molar-refractivity contribution in [2.24, 2.45) is 0 Å². The minimum Gasteiger partial charge on any atom is -0.493 e. The fraction of sp³-hybridized carbons (Fsp3) is 0.533. The number of ether oxygens (including phenoxy) is 3. The molecule has 8 nitrogen and oxygen atoms in total. The van der Waals surface area contributed by atoms with E-state index in [2.05, 4.69) is 4.90 Å². The van der Waals surface area contributed by atoms with Crippen molar-refractivity contribution in [3.05, 3.63) is 27.8 Å². The van der Waals surface area contributed by atoms with Crippen molar-refractivity contribution in [1.82, 2.24) is 4.90 Å². The lowest BCUT2D eigenvalue weighted by Crippen LogP contribution is -2.37. The average Bonchev–Trinajstić information content (AvgIpc) is 2.58. The first-order chi connectivity index (χ1) is 11.2. The van der Waals surface area contributed by atoms with E-state index in [1.807, 2.05) is 0 Å². The predicted octanol–water partition coefficient (Wildman–Crippen LogP) is 1.52. The van der Waals surface area contributed by atoms with Crippen LogP contribution in [0.1, 0.15) is 16.8 Å². The molecule has 1 heterocycles. The van der Waals surface area contributed by atoms with E-state index in [1.165, 1.54) is 19.2 Å². The number of benzene rings is 1. The number of hydrogen-bond acceptors (Lipinski definition) is 7. The van der Waals surface area contributed by atoms with Gasteiger partial charge < -0.3 is 14.2 Å². The van der Waals surface area contributed by atoms with Gasteiger partial charge in [0.05, 0.1) is 43.5 Å². The first-order valence-electron chi connectivity index (χ1n) is 7.40. The van der Waals surface area contributed by atoms with E-state index in [4.69, 9.17) is 14.2 Å². The van der Waals surface area contributed by atoms with E-state index >= 15 is 0 Å². The maximum absolute atomic E-state index is 11.0. The third-order valence-corrected chi connectivity index (χ3v) is 3.62. The van der Waals surface area contributed by atoms with E-state index in [1.54, 1.807) is 0 Å². The number of nitro benzene ring substituents is 1. The molecule has 126 valence electrons. The zero-order valence-corrected chi connectivity index (χ0v) is 13.0. The van der Waals surface area contributed by atoms with Gasteiger partial charge in [-0.2, -0.15) is 0 Å². The molecule has 1 aromatic rings. The molecule has 0 spiro atoms. The lowest BCUT2D eigenvalue weighted by Gasteiger charge is -2.26. The molecule has 0 amide bonds. The molecular formula is C15H20N2O6. The third kappa shape index (κ3) is 4.64. The number of aldehydes is 1. The SMILES string of the molecule is COc1cc([N+](=O)[O-])c(C=O)cc1OCCCN1CCOCC1. The summed E-state index contributed by atoms with van der Waals surface area (Å²) in [6.07, 6.45) is 1.24. The highest BCUT2D eigenvalue weighted by molar-refractivity contribution is 5.83. The smallest absolute Gasteiger partial charge is 0.283 e. The van der Waals surface area contributed by atoms with Gasteiger partial charge in [0.1, 0.15) is 0 Å². The summed E-state index contributed by atoms with van der Waals surface area (Å²) in [5, 5.41) is 10.9. The van der Waals surface area contributed by atoms with Crippen molar-refractivity contribution in [2.45, 2.75) is 6.42 Å². The van der Waals surface area contributed by atoms with Gasteiger partial charge in [0.2, 0.25) is 0 Å². The van der Waals surface area contributed by atoms with Crippen molar-refractivity contribution in [3.8, 4) is 11.5 Å². The van der Waals surface area contributed by atoms with Gasteiger partial charge in [0.25, 0.3) is 5.69 Å². The molecule has 0 aliphatic carbocycles. The fourth-order valence-corrected chi connectivity index (χ4v) is 2.38. The van der Waals surface area contributed by atoms with Crippen molar-refractivity contribution < 1.29 is 23.9 Å². The quantitative estimate of drug-likeness (QED) is 0.310. The molecular weight excluding hydrogens is 304 g/mol. The van der Waals surface area contributed by atoms with E-state index in [9.17, 15) is 14.9 Å². The molecule has 0 atom stereocenters. The van der Waals surface area contributed by atoms with Gasteiger partial charge in [-0.05, 0) is 6.42 Å². The highest BCUT2D eigenvalue weighted by Gasteiger charge is 2.19. The molecule has 1 aliphatic rings. The molecule has 0 unspecified atom stereocenters. The number of morpholine rings is 1. The zero-order valence-electron chi connectivity index (χ0n) is 13.0. The average molecular weight is 324 g/mol. The number of carbonyl (C=O) groups is 1. The third-order valence-electron chi connectivity index (χ3n) is 3.62. The number of hydrogen-bond donors (Lipinski definition) is 0. The Labute approximate surface area is 134 Å². The van der Waals surface area contributed by atoms with Gasteiger partial charge in [-0.3, -0.25) is 19.8 Å². The molecule has 8 heteroatoms. The van der Waals surface area contributed by atoms with E-state index in [-0.39, 0.29) is 17.0 Å². The number of rotatable bonds is 8. The van der Waals surface area contributed by atoms with E-state index < -0.39 is 4.92 Å². The summed E-state index contributed by atoms with van der Waals surface area (Å²) in [6.45, 7) is 4.65. The minimum atomic E-state index is -0.617. The molecule has 0 radical (unpaired) electrons. The van der Waals surface area contributed by atoms with Gasteiger partial charge in [-0.25, -0.2) is 0 Å². The fourth-order valence-electron chi connectivity index (χ4n) is 2.38. The van der Waals surface area contributed by atoms with Crippen LogP contribution in [-0.2, 0) is 4.74 Å². The molecule has 0 N–H and O–H groups in total. The Morgan fingerprint density at radius 3 is 2.70 bits per heavy atom. The maximum Gasteiger partial charge on any atom is 0.283 e. The number of carbonyl (C=O) groups excluding carboxylic acids is 1. The van der Waals surface area contributed by atoms with Crippen LogP contribution in [0.5, 0.6) is 11.5 Å². The Morgan fingerprint density at radius 1 is 1.35 bits per heavy atom. The second kappa shape index (κ2) is 8.44. The van der Waals surface area contributed by atoms with Crippen molar-refractivity contribution in [3.63, 3.8) is 0 Å². The van der Waals surface area contributed by atoms with Crippen LogP contribution in [0.2, 0.25) is 0 Å². The van der Waals surface area contributed by atoms with Gasteiger partial charge in [-0.1, -0.05) is 0 Å². The molecule has 0 aromatic heterocycles. The van der Waals surface area contributed by atoms with Crippen LogP contribution in [0.15, 0.2) is 12.1 Å². The second-order valence-corrected chi connectivity index (χ2v) is 5.09. The van der Waals surface area contributed by atoms with Crippen LogP contribution >= 0.6 is 0 Å². The summed E-state index contributed by atoms with van der Waals surface area (Å²) in [4.78, 5) is 23.6. The summed E-state index contributed by atoms with van der Waals surface area (Å²) in [5.74, 6) is 0.579. The molecule has 0 saturated carbocycles. The highest BCUT2D eigenvalue weighted by atomic mass is 16.6. The largest absolute Gasteiger partial charge is 0.493 e. The van der Waals surface area contributed by atoms with E-state index in [0.29, 0.717) is 18.6 Å². The topological polar surface area (TPSA) is 91.1 Å². The van der Waals surface area contributed by atoms with Gasteiger partial charge in [-0.15, -0.1) is 0 Å². The normalized spacial score (nSPS) is 15.2. The Hall–Kier alpha value is -2.19. The maximum atomic E-state index is 11.0.